The van der Waals surface area contributed by atoms with Gasteiger partial charge >= 0.3 is 5.97 Å². The summed E-state index contributed by atoms with van der Waals surface area (Å²) in [4.78, 5) is 27.2. The molecule has 0 aliphatic heterocycles. The number of carbonyl (C=O) groups is 2. The topological polar surface area (TPSA) is 68.3 Å². The van der Waals surface area contributed by atoms with Crippen LogP contribution in [0.5, 0.6) is 0 Å². The van der Waals surface area contributed by atoms with Crippen LogP contribution >= 0.6 is 11.6 Å². The van der Waals surface area contributed by atoms with Crippen molar-refractivity contribution in [1.29, 1.82) is 0 Å². The van der Waals surface area contributed by atoms with Gasteiger partial charge in [-0.1, -0.05) is 29.8 Å². The third-order valence-electron chi connectivity index (χ3n) is 3.15. The lowest BCUT2D eigenvalue weighted by Crippen LogP contribution is -2.28. The number of ether oxygens (including phenoxy) is 1. The summed E-state index contributed by atoms with van der Waals surface area (Å²) in [6.07, 6.45) is 3.87. The number of carbonyl (C=O) groups excluding carboxylic acids is 2. The first-order valence-corrected chi connectivity index (χ1v) is 7.62. The number of hydrogen-bond donors (Lipinski definition) is 1. The first kappa shape index (κ1) is 17.0. The molecular weight excluding hydrogens is 316 g/mol. The van der Waals surface area contributed by atoms with E-state index in [9.17, 15) is 9.59 Å². The Balaban J connectivity index is 1.63. The molecule has 1 aromatic carbocycles. The number of aromatic nitrogens is 1. The molecule has 6 heteroatoms. The Labute approximate surface area is 139 Å². The molecule has 5 nitrogen and oxygen atoms in total. The van der Waals surface area contributed by atoms with E-state index in [-0.39, 0.29) is 31.4 Å². The van der Waals surface area contributed by atoms with Crippen molar-refractivity contribution in [2.45, 2.75) is 12.8 Å². The van der Waals surface area contributed by atoms with Gasteiger partial charge < -0.3 is 10.1 Å². The second-order valence-electron chi connectivity index (χ2n) is 4.80. The minimum atomic E-state index is -0.317. The Hall–Kier alpha value is -2.40. The summed E-state index contributed by atoms with van der Waals surface area (Å²) in [5.41, 5.74) is 1.43. The molecule has 0 radical (unpaired) electrons. The van der Waals surface area contributed by atoms with Crippen molar-refractivity contribution in [1.82, 2.24) is 10.3 Å². The molecule has 0 saturated heterocycles. The fourth-order valence-corrected chi connectivity index (χ4v) is 2.18. The molecule has 1 amide bonds. The fraction of sp³-hybridized carbons (Fsp3) is 0.235. The van der Waals surface area contributed by atoms with Gasteiger partial charge in [0.1, 0.15) is 6.61 Å². The SMILES string of the molecule is O=C(CCc1ccccc1Cl)OCCNC(=O)c1ccncc1. The van der Waals surface area contributed by atoms with Crippen molar-refractivity contribution in [2.24, 2.45) is 0 Å². The van der Waals surface area contributed by atoms with Gasteiger partial charge in [0.15, 0.2) is 0 Å². The van der Waals surface area contributed by atoms with Crippen LogP contribution in [0.25, 0.3) is 0 Å². The number of aryl methyl sites for hydroxylation is 1. The maximum atomic E-state index is 11.7. The van der Waals surface area contributed by atoms with E-state index in [1.807, 2.05) is 18.2 Å². The number of rotatable bonds is 7. The van der Waals surface area contributed by atoms with Crippen molar-refractivity contribution in [3.8, 4) is 0 Å². The van der Waals surface area contributed by atoms with Crippen LogP contribution in [0.1, 0.15) is 22.3 Å². The van der Waals surface area contributed by atoms with Crippen molar-refractivity contribution < 1.29 is 14.3 Å². The first-order chi connectivity index (χ1) is 11.2. The van der Waals surface area contributed by atoms with E-state index < -0.39 is 0 Å². The Kier molecular flexibility index (Phi) is 6.56. The summed E-state index contributed by atoms with van der Waals surface area (Å²) in [5, 5.41) is 3.32. The number of nitrogens with zero attached hydrogens (tertiary/aromatic N) is 1. The highest BCUT2D eigenvalue weighted by Gasteiger charge is 2.07. The zero-order valence-corrected chi connectivity index (χ0v) is 13.3. The number of nitrogens with one attached hydrogen (secondary N) is 1. The number of esters is 1. The Morgan fingerprint density at radius 3 is 2.61 bits per heavy atom. The van der Waals surface area contributed by atoms with Crippen LogP contribution in [-0.4, -0.2) is 30.0 Å². The molecule has 0 saturated carbocycles. The smallest absolute Gasteiger partial charge is 0.306 e. The standard InChI is InChI=1S/C17H17ClN2O3/c18-15-4-2-1-3-13(15)5-6-16(21)23-12-11-20-17(22)14-7-9-19-10-8-14/h1-4,7-10H,5-6,11-12H2,(H,20,22). The lowest BCUT2D eigenvalue weighted by molar-refractivity contribution is -0.143. The van der Waals surface area contributed by atoms with Crippen molar-refractivity contribution in [3.63, 3.8) is 0 Å². The third kappa shape index (κ3) is 5.71. The Morgan fingerprint density at radius 2 is 1.87 bits per heavy atom. The van der Waals surface area contributed by atoms with Gasteiger partial charge in [0.2, 0.25) is 0 Å². The van der Waals surface area contributed by atoms with E-state index in [0.29, 0.717) is 17.0 Å². The number of amides is 1. The molecule has 23 heavy (non-hydrogen) atoms. The minimum Gasteiger partial charge on any atom is -0.464 e. The molecular formula is C17H17ClN2O3. The normalized spacial score (nSPS) is 10.1. The maximum Gasteiger partial charge on any atom is 0.306 e. The van der Waals surface area contributed by atoms with Crippen LogP contribution in [0.4, 0.5) is 0 Å². The molecule has 2 rings (SSSR count). The predicted octanol–water partition coefficient (Wildman–Crippen LogP) is 2.64. The van der Waals surface area contributed by atoms with Gasteiger partial charge in [0, 0.05) is 29.4 Å². The van der Waals surface area contributed by atoms with Crippen LogP contribution in [0.15, 0.2) is 48.8 Å². The molecule has 1 heterocycles. The number of halogens is 1. The van der Waals surface area contributed by atoms with Crippen LogP contribution in [0.2, 0.25) is 5.02 Å². The van der Waals surface area contributed by atoms with E-state index in [1.54, 1.807) is 30.6 Å². The van der Waals surface area contributed by atoms with Gasteiger partial charge in [-0.05, 0) is 30.2 Å². The fourth-order valence-electron chi connectivity index (χ4n) is 1.94. The zero-order valence-electron chi connectivity index (χ0n) is 12.5. The molecule has 2 aromatic rings. The molecule has 1 N–H and O–H groups in total. The van der Waals surface area contributed by atoms with Gasteiger partial charge in [0.25, 0.3) is 5.91 Å². The van der Waals surface area contributed by atoms with Gasteiger partial charge in [-0.2, -0.15) is 0 Å². The van der Waals surface area contributed by atoms with Crippen LogP contribution < -0.4 is 5.32 Å². The highest BCUT2D eigenvalue weighted by atomic mass is 35.5. The van der Waals surface area contributed by atoms with E-state index in [1.165, 1.54) is 0 Å². The molecule has 0 bridgehead atoms. The van der Waals surface area contributed by atoms with E-state index in [2.05, 4.69) is 10.3 Å². The molecule has 0 atom stereocenters. The predicted molar refractivity (Wildman–Crippen MR) is 87.3 cm³/mol. The van der Waals surface area contributed by atoms with E-state index >= 15 is 0 Å². The zero-order chi connectivity index (χ0) is 16.5. The van der Waals surface area contributed by atoms with Gasteiger partial charge in [-0.3, -0.25) is 14.6 Å². The third-order valence-corrected chi connectivity index (χ3v) is 3.52. The van der Waals surface area contributed by atoms with Crippen LogP contribution in [0.3, 0.4) is 0 Å². The molecule has 0 fully saturated rings. The monoisotopic (exact) mass is 332 g/mol. The summed E-state index contributed by atoms with van der Waals surface area (Å²) in [6.45, 7) is 0.400. The molecule has 0 aliphatic carbocycles. The minimum absolute atomic E-state index is 0.137. The maximum absolute atomic E-state index is 11.7. The molecule has 120 valence electrons. The van der Waals surface area contributed by atoms with Gasteiger partial charge in [-0.15, -0.1) is 0 Å². The highest BCUT2D eigenvalue weighted by Crippen LogP contribution is 2.16. The summed E-state index contributed by atoms with van der Waals surface area (Å²) in [5.74, 6) is -0.539. The second-order valence-corrected chi connectivity index (χ2v) is 5.21. The van der Waals surface area contributed by atoms with Gasteiger partial charge in [0.05, 0.1) is 6.54 Å². The number of pyridine rings is 1. The van der Waals surface area contributed by atoms with E-state index in [4.69, 9.17) is 16.3 Å². The average Bonchev–Trinajstić information content (AvgIpc) is 2.58. The lowest BCUT2D eigenvalue weighted by atomic mass is 10.1. The second kappa shape index (κ2) is 8.90. The molecule has 0 unspecified atom stereocenters. The quantitative estimate of drug-likeness (QED) is 0.625. The summed E-state index contributed by atoms with van der Waals surface area (Å²) >= 11 is 6.02. The van der Waals surface area contributed by atoms with Crippen molar-refractivity contribution in [3.05, 3.63) is 64.9 Å². The Bertz CT molecular complexity index is 662. The lowest BCUT2D eigenvalue weighted by Gasteiger charge is -2.07. The largest absolute Gasteiger partial charge is 0.464 e. The summed E-state index contributed by atoms with van der Waals surface area (Å²) < 4.78 is 5.08. The average molecular weight is 333 g/mol. The Morgan fingerprint density at radius 1 is 1.13 bits per heavy atom. The van der Waals surface area contributed by atoms with Crippen molar-refractivity contribution >= 4 is 23.5 Å². The first-order valence-electron chi connectivity index (χ1n) is 7.24. The van der Waals surface area contributed by atoms with Gasteiger partial charge in [-0.25, -0.2) is 0 Å². The molecule has 0 spiro atoms. The molecule has 0 aliphatic rings. The van der Waals surface area contributed by atoms with E-state index in [0.717, 1.165) is 5.56 Å². The van der Waals surface area contributed by atoms with Crippen LogP contribution in [0, 0.1) is 0 Å². The van der Waals surface area contributed by atoms with Crippen LogP contribution in [-0.2, 0) is 16.0 Å². The molecule has 1 aromatic heterocycles. The highest BCUT2D eigenvalue weighted by molar-refractivity contribution is 6.31. The van der Waals surface area contributed by atoms with Crippen molar-refractivity contribution in [2.75, 3.05) is 13.2 Å². The summed E-state index contributed by atoms with van der Waals surface area (Å²) in [6, 6.07) is 10.6. The number of benzene rings is 1. The summed E-state index contributed by atoms with van der Waals surface area (Å²) in [7, 11) is 0. The number of hydrogen-bond acceptors (Lipinski definition) is 4.